The molecule has 1 aromatic carbocycles. The van der Waals surface area contributed by atoms with Crippen molar-refractivity contribution in [3.63, 3.8) is 0 Å². The zero-order valence-corrected chi connectivity index (χ0v) is 10.8. The maximum Gasteiger partial charge on any atom is 0.165 e. The quantitative estimate of drug-likeness (QED) is 0.596. The van der Waals surface area contributed by atoms with E-state index in [2.05, 4.69) is 0 Å². The molecule has 0 amide bonds. The van der Waals surface area contributed by atoms with Crippen LogP contribution in [0.3, 0.4) is 0 Å². The van der Waals surface area contributed by atoms with Gasteiger partial charge in [-0.2, -0.15) is 0 Å². The monoisotopic (exact) mass is 274 g/mol. The van der Waals surface area contributed by atoms with Crippen molar-refractivity contribution in [2.24, 2.45) is 5.73 Å². The first kappa shape index (κ1) is 14.4. The Morgan fingerprint density at radius 3 is 2.67 bits per heavy atom. The summed E-state index contributed by atoms with van der Waals surface area (Å²) < 4.78 is 40.9. The van der Waals surface area contributed by atoms with Gasteiger partial charge in [-0.3, -0.25) is 5.41 Å². The van der Waals surface area contributed by atoms with Crippen LogP contribution >= 0.6 is 0 Å². The van der Waals surface area contributed by atoms with Gasteiger partial charge in [0.25, 0.3) is 0 Å². The number of nitrogens with one attached hydrogen (secondary N) is 1. The molecule has 3 N–H and O–H groups in total. The summed E-state index contributed by atoms with van der Waals surface area (Å²) in [6.45, 7) is 1.43. The Bertz CT molecular complexity index is 543. The fourth-order valence-corrected chi connectivity index (χ4v) is 1.83. The van der Waals surface area contributed by atoms with Crippen molar-refractivity contribution >= 4 is 15.7 Å². The lowest BCUT2D eigenvalue weighted by atomic mass is 10.2. The predicted octanol–water partition coefficient (Wildman–Crippen LogP) is 0.923. The number of benzene rings is 1. The van der Waals surface area contributed by atoms with Gasteiger partial charge in [-0.15, -0.1) is 0 Å². The van der Waals surface area contributed by atoms with E-state index < -0.39 is 15.7 Å². The van der Waals surface area contributed by atoms with Gasteiger partial charge in [0.2, 0.25) is 0 Å². The number of hydrogen-bond donors (Lipinski definition) is 2. The molecule has 5 nitrogen and oxygen atoms in total. The molecule has 0 saturated carbocycles. The van der Waals surface area contributed by atoms with Crippen molar-refractivity contribution in [1.82, 2.24) is 0 Å². The van der Waals surface area contributed by atoms with E-state index in [9.17, 15) is 12.8 Å². The lowest BCUT2D eigenvalue weighted by molar-refractivity contribution is 0.322. The van der Waals surface area contributed by atoms with E-state index >= 15 is 0 Å². The highest BCUT2D eigenvalue weighted by Gasteiger charge is 2.10. The average molecular weight is 274 g/mol. The van der Waals surface area contributed by atoms with Gasteiger partial charge in [0.1, 0.15) is 12.4 Å². The van der Waals surface area contributed by atoms with Crippen LogP contribution in [0.25, 0.3) is 0 Å². The van der Waals surface area contributed by atoms with Crippen molar-refractivity contribution < 1.29 is 17.5 Å². The van der Waals surface area contributed by atoms with Gasteiger partial charge in [0.15, 0.2) is 21.4 Å². The number of hydrogen-bond acceptors (Lipinski definition) is 4. The van der Waals surface area contributed by atoms with E-state index in [1.165, 1.54) is 19.1 Å². The molecule has 1 rings (SSSR count). The summed E-state index contributed by atoms with van der Waals surface area (Å²) in [4.78, 5) is 0. The molecular weight excluding hydrogens is 259 g/mol. The van der Waals surface area contributed by atoms with E-state index in [-0.39, 0.29) is 35.3 Å². The normalized spacial score (nSPS) is 11.2. The lowest BCUT2D eigenvalue weighted by Gasteiger charge is -2.08. The van der Waals surface area contributed by atoms with Crippen LogP contribution in [0.5, 0.6) is 5.75 Å². The number of ether oxygens (including phenoxy) is 1. The van der Waals surface area contributed by atoms with Gasteiger partial charge in [-0.05, 0) is 18.2 Å². The minimum Gasteiger partial charge on any atom is -0.489 e. The summed E-state index contributed by atoms with van der Waals surface area (Å²) in [5.74, 6) is -1.09. The molecule has 0 aromatic heterocycles. The largest absolute Gasteiger partial charge is 0.489 e. The van der Waals surface area contributed by atoms with Crippen LogP contribution in [0.2, 0.25) is 0 Å². The molecule has 0 atom stereocenters. The third-order valence-electron chi connectivity index (χ3n) is 2.33. The molecule has 0 aliphatic carbocycles. The highest BCUT2D eigenvalue weighted by molar-refractivity contribution is 7.91. The molecular formula is C11H15FN2O3S. The van der Waals surface area contributed by atoms with E-state index in [4.69, 9.17) is 15.9 Å². The third-order valence-corrected chi connectivity index (χ3v) is 4.00. The van der Waals surface area contributed by atoms with E-state index in [0.717, 1.165) is 6.07 Å². The second-order valence-electron chi connectivity index (χ2n) is 3.64. The Kier molecular flexibility index (Phi) is 4.66. The molecule has 1 aromatic rings. The van der Waals surface area contributed by atoms with Gasteiger partial charge >= 0.3 is 0 Å². The number of nitrogen functional groups attached to an aromatic ring is 1. The maximum absolute atomic E-state index is 13.5. The van der Waals surface area contributed by atoms with Crippen molar-refractivity contribution in [3.05, 3.63) is 29.6 Å². The van der Waals surface area contributed by atoms with E-state index in [1.54, 1.807) is 0 Å². The summed E-state index contributed by atoms with van der Waals surface area (Å²) in [6, 6.07) is 3.84. The number of sulfone groups is 1. The number of halogens is 1. The Balaban J connectivity index is 2.67. The standard InChI is InChI=1S/C11H15FN2O3S/c1-2-18(15,16)6-5-17-10-4-3-8(11(13)14)7-9(10)12/h3-4,7H,2,5-6H2,1H3,(H3,13,14). The minimum absolute atomic E-state index is 0.0299. The molecule has 0 fully saturated rings. The summed E-state index contributed by atoms with van der Waals surface area (Å²) in [5, 5.41) is 7.14. The number of nitrogens with two attached hydrogens (primary N) is 1. The Morgan fingerprint density at radius 2 is 2.17 bits per heavy atom. The molecule has 7 heteroatoms. The second-order valence-corrected chi connectivity index (χ2v) is 6.12. The van der Waals surface area contributed by atoms with Crippen LogP contribution < -0.4 is 10.5 Å². The van der Waals surface area contributed by atoms with Crippen LogP contribution in [0.4, 0.5) is 4.39 Å². The molecule has 0 heterocycles. The summed E-state index contributed by atoms with van der Waals surface area (Å²) in [5.41, 5.74) is 5.46. The first-order chi connectivity index (χ1) is 8.35. The SMILES string of the molecule is CCS(=O)(=O)CCOc1ccc(C(=N)N)cc1F. The molecule has 100 valence electrons. The smallest absolute Gasteiger partial charge is 0.165 e. The molecule has 0 unspecified atom stereocenters. The zero-order valence-electron chi connectivity index (χ0n) is 9.94. The van der Waals surface area contributed by atoms with Gasteiger partial charge < -0.3 is 10.5 Å². The number of amidine groups is 1. The van der Waals surface area contributed by atoms with Crippen LogP contribution in [0.15, 0.2) is 18.2 Å². The first-order valence-electron chi connectivity index (χ1n) is 5.33. The predicted molar refractivity (Wildman–Crippen MR) is 67.2 cm³/mol. The van der Waals surface area contributed by atoms with Crippen molar-refractivity contribution in [1.29, 1.82) is 5.41 Å². The van der Waals surface area contributed by atoms with Crippen molar-refractivity contribution in [2.45, 2.75) is 6.92 Å². The fourth-order valence-electron chi connectivity index (χ4n) is 1.21. The maximum atomic E-state index is 13.5. The first-order valence-corrected chi connectivity index (χ1v) is 7.15. The molecule has 0 aliphatic rings. The van der Waals surface area contributed by atoms with Gasteiger partial charge in [-0.1, -0.05) is 6.92 Å². The highest BCUT2D eigenvalue weighted by atomic mass is 32.2. The number of rotatable bonds is 6. The molecule has 18 heavy (non-hydrogen) atoms. The molecule has 0 bridgehead atoms. The van der Waals surface area contributed by atoms with Gasteiger partial charge in [0, 0.05) is 11.3 Å². The summed E-state index contributed by atoms with van der Waals surface area (Å²) in [7, 11) is -3.13. The van der Waals surface area contributed by atoms with Crippen LogP contribution in [0, 0.1) is 11.2 Å². The highest BCUT2D eigenvalue weighted by Crippen LogP contribution is 2.18. The Morgan fingerprint density at radius 1 is 1.50 bits per heavy atom. The van der Waals surface area contributed by atoms with Crippen LogP contribution in [0.1, 0.15) is 12.5 Å². The second kappa shape index (κ2) is 5.81. The summed E-state index contributed by atoms with van der Waals surface area (Å²) in [6.07, 6.45) is 0. The van der Waals surface area contributed by atoms with Crippen molar-refractivity contribution in [2.75, 3.05) is 18.1 Å². The Labute approximate surface area is 105 Å². The van der Waals surface area contributed by atoms with Crippen LogP contribution in [-0.4, -0.2) is 32.4 Å². The molecule has 0 radical (unpaired) electrons. The van der Waals surface area contributed by atoms with Crippen LogP contribution in [-0.2, 0) is 9.84 Å². The van der Waals surface area contributed by atoms with Gasteiger partial charge in [-0.25, -0.2) is 12.8 Å². The fraction of sp³-hybridized carbons (Fsp3) is 0.364. The summed E-state index contributed by atoms with van der Waals surface area (Å²) >= 11 is 0. The van der Waals surface area contributed by atoms with E-state index in [0.29, 0.717) is 0 Å². The zero-order chi connectivity index (χ0) is 13.8. The minimum atomic E-state index is -3.13. The lowest BCUT2D eigenvalue weighted by Crippen LogP contribution is -2.16. The van der Waals surface area contributed by atoms with E-state index in [1.807, 2.05) is 0 Å². The molecule has 0 saturated heterocycles. The molecule has 0 aliphatic heterocycles. The molecule has 0 spiro atoms. The average Bonchev–Trinajstić information content (AvgIpc) is 2.31. The third kappa shape index (κ3) is 3.99. The van der Waals surface area contributed by atoms with Gasteiger partial charge in [0.05, 0.1) is 5.75 Å². The topological polar surface area (TPSA) is 93.2 Å². The van der Waals surface area contributed by atoms with Crippen molar-refractivity contribution in [3.8, 4) is 5.75 Å². The Hall–Kier alpha value is -1.63.